The minimum absolute atomic E-state index is 0.114. The summed E-state index contributed by atoms with van der Waals surface area (Å²) in [6.45, 7) is 0. The summed E-state index contributed by atoms with van der Waals surface area (Å²) in [6.07, 6.45) is 4.51. The zero-order valence-electron chi connectivity index (χ0n) is 14.1. The van der Waals surface area contributed by atoms with Gasteiger partial charge in [0.25, 0.3) is 0 Å². The first-order valence-corrected chi connectivity index (χ1v) is 8.52. The smallest absolute Gasteiger partial charge is 0.196 e. The molecule has 0 radical (unpaired) electrons. The Morgan fingerprint density at radius 1 is 0.963 bits per heavy atom. The van der Waals surface area contributed by atoms with E-state index < -0.39 is 0 Å². The fraction of sp³-hybridized carbons (Fsp3) is 0. The number of benzene rings is 2. The van der Waals surface area contributed by atoms with Crippen molar-refractivity contribution in [1.82, 2.24) is 19.7 Å². The molecule has 4 rings (SSSR count). The SMILES string of the molecule is Nc1ncnc(-n2cc(C(=O)c3ccccc3)cn2)c1-c1ccc(Cl)cc1. The van der Waals surface area contributed by atoms with E-state index >= 15 is 0 Å². The standard InChI is InChI=1S/C20H14ClN5O/c21-16-8-6-13(7-9-16)17-19(22)23-12-24-20(17)26-11-15(10-25-26)18(27)14-4-2-1-3-5-14/h1-12H,(H2,22,23,24). The second kappa shape index (κ2) is 7.01. The number of carbonyl (C=O) groups excluding carboxylic acids is 1. The Kier molecular flexibility index (Phi) is 4.40. The number of nitrogens with two attached hydrogens (primary N) is 1. The van der Waals surface area contributed by atoms with Crippen molar-refractivity contribution < 1.29 is 4.79 Å². The van der Waals surface area contributed by atoms with Crippen molar-refractivity contribution in [1.29, 1.82) is 0 Å². The zero-order valence-corrected chi connectivity index (χ0v) is 14.8. The van der Waals surface area contributed by atoms with Crippen LogP contribution in [0.5, 0.6) is 0 Å². The maximum absolute atomic E-state index is 12.6. The molecule has 7 heteroatoms. The van der Waals surface area contributed by atoms with Gasteiger partial charge in [0.1, 0.15) is 12.1 Å². The summed E-state index contributed by atoms with van der Waals surface area (Å²) in [4.78, 5) is 21.0. The van der Waals surface area contributed by atoms with Gasteiger partial charge in [0.15, 0.2) is 11.6 Å². The number of halogens is 1. The molecule has 27 heavy (non-hydrogen) atoms. The highest BCUT2D eigenvalue weighted by atomic mass is 35.5. The summed E-state index contributed by atoms with van der Waals surface area (Å²) >= 11 is 5.97. The minimum Gasteiger partial charge on any atom is -0.383 e. The molecule has 0 aliphatic carbocycles. The molecule has 2 heterocycles. The average molecular weight is 376 g/mol. The number of carbonyl (C=O) groups is 1. The normalized spacial score (nSPS) is 10.7. The Morgan fingerprint density at radius 3 is 2.44 bits per heavy atom. The summed E-state index contributed by atoms with van der Waals surface area (Å²) < 4.78 is 1.53. The van der Waals surface area contributed by atoms with Crippen LogP contribution in [0.3, 0.4) is 0 Å². The number of aromatic nitrogens is 4. The monoisotopic (exact) mass is 375 g/mol. The molecule has 0 saturated carbocycles. The molecule has 0 atom stereocenters. The van der Waals surface area contributed by atoms with Crippen molar-refractivity contribution in [3.8, 4) is 16.9 Å². The van der Waals surface area contributed by atoms with Crippen LogP contribution in [0.1, 0.15) is 15.9 Å². The topological polar surface area (TPSA) is 86.7 Å². The lowest BCUT2D eigenvalue weighted by molar-refractivity contribution is 0.103. The quantitative estimate of drug-likeness (QED) is 0.548. The number of hydrogen-bond acceptors (Lipinski definition) is 5. The van der Waals surface area contributed by atoms with Crippen molar-refractivity contribution >= 4 is 23.2 Å². The molecule has 2 N–H and O–H groups in total. The maximum atomic E-state index is 12.6. The van der Waals surface area contributed by atoms with Gasteiger partial charge in [-0.25, -0.2) is 14.6 Å². The molecule has 0 bridgehead atoms. The Hall–Kier alpha value is -3.51. The second-order valence-corrected chi connectivity index (χ2v) is 6.27. The molecule has 0 amide bonds. The van der Waals surface area contributed by atoms with Crippen molar-refractivity contribution in [3.63, 3.8) is 0 Å². The highest BCUT2D eigenvalue weighted by molar-refractivity contribution is 6.30. The lowest BCUT2D eigenvalue weighted by atomic mass is 10.1. The summed E-state index contributed by atoms with van der Waals surface area (Å²) in [5.74, 6) is 0.683. The second-order valence-electron chi connectivity index (χ2n) is 5.83. The van der Waals surface area contributed by atoms with Crippen molar-refractivity contribution in [3.05, 3.63) is 89.5 Å². The van der Waals surface area contributed by atoms with Crippen molar-refractivity contribution in [2.75, 3.05) is 5.73 Å². The molecule has 2 aromatic heterocycles. The molecule has 0 fully saturated rings. The van der Waals surface area contributed by atoms with E-state index in [1.165, 1.54) is 17.2 Å². The first-order chi connectivity index (χ1) is 13.1. The van der Waals surface area contributed by atoms with Crippen LogP contribution in [-0.2, 0) is 0 Å². The molecule has 0 aliphatic heterocycles. The lowest BCUT2D eigenvalue weighted by Gasteiger charge is -2.10. The van der Waals surface area contributed by atoms with Gasteiger partial charge in [-0.05, 0) is 17.7 Å². The maximum Gasteiger partial charge on any atom is 0.196 e. The van der Waals surface area contributed by atoms with E-state index in [1.807, 2.05) is 30.3 Å². The van der Waals surface area contributed by atoms with E-state index in [0.717, 1.165) is 5.56 Å². The van der Waals surface area contributed by atoms with Crippen molar-refractivity contribution in [2.45, 2.75) is 0 Å². The summed E-state index contributed by atoms with van der Waals surface area (Å²) in [5, 5.41) is 4.92. The molecule has 132 valence electrons. The fourth-order valence-electron chi connectivity index (χ4n) is 2.77. The summed E-state index contributed by atoms with van der Waals surface area (Å²) in [6, 6.07) is 16.2. The fourth-order valence-corrected chi connectivity index (χ4v) is 2.89. The Labute approximate surface area is 160 Å². The van der Waals surface area contributed by atoms with E-state index in [0.29, 0.717) is 33.3 Å². The van der Waals surface area contributed by atoms with E-state index in [1.54, 1.807) is 30.5 Å². The number of nitrogens with zero attached hydrogens (tertiary/aromatic N) is 4. The highest BCUT2D eigenvalue weighted by Crippen LogP contribution is 2.30. The lowest BCUT2D eigenvalue weighted by Crippen LogP contribution is -2.06. The van der Waals surface area contributed by atoms with Gasteiger partial charge >= 0.3 is 0 Å². The molecular weight excluding hydrogens is 362 g/mol. The Bertz CT molecular complexity index is 1110. The van der Waals surface area contributed by atoms with Crippen LogP contribution < -0.4 is 5.73 Å². The van der Waals surface area contributed by atoms with Crippen LogP contribution in [0.25, 0.3) is 16.9 Å². The van der Waals surface area contributed by atoms with Gasteiger partial charge in [-0.1, -0.05) is 54.1 Å². The van der Waals surface area contributed by atoms with Gasteiger partial charge in [0.2, 0.25) is 0 Å². The predicted molar refractivity (Wildman–Crippen MR) is 104 cm³/mol. The van der Waals surface area contributed by atoms with Gasteiger partial charge in [0.05, 0.1) is 17.3 Å². The number of nitrogen functional groups attached to an aromatic ring is 1. The molecule has 0 saturated heterocycles. The van der Waals surface area contributed by atoms with Crippen LogP contribution in [0.4, 0.5) is 5.82 Å². The molecule has 6 nitrogen and oxygen atoms in total. The van der Waals surface area contributed by atoms with Crippen LogP contribution in [0.15, 0.2) is 73.3 Å². The Balaban J connectivity index is 1.77. The third kappa shape index (κ3) is 3.30. The van der Waals surface area contributed by atoms with E-state index in [-0.39, 0.29) is 5.78 Å². The Morgan fingerprint density at radius 2 is 1.70 bits per heavy atom. The third-order valence-electron chi connectivity index (χ3n) is 4.09. The molecular formula is C20H14ClN5O. The minimum atomic E-state index is -0.114. The van der Waals surface area contributed by atoms with Gasteiger partial charge in [-0.2, -0.15) is 5.10 Å². The number of ketones is 1. The largest absolute Gasteiger partial charge is 0.383 e. The van der Waals surface area contributed by atoms with Crippen LogP contribution in [0.2, 0.25) is 5.02 Å². The van der Waals surface area contributed by atoms with Crippen LogP contribution in [0, 0.1) is 0 Å². The first-order valence-electron chi connectivity index (χ1n) is 8.14. The molecule has 0 unspecified atom stereocenters. The van der Waals surface area contributed by atoms with E-state index in [2.05, 4.69) is 15.1 Å². The zero-order chi connectivity index (χ0) is 18.8. The summed E-state index contributed by atoms with van der Waals surface area (Å²) in [7, 11) is 0. The average Bonchev–Trinajstić information content (AvgIpc) is 3.19. The van der Waals surface area contributed by atoms with Gasteiger partial charge in [-0.15, -0.1) is 0 Å². The number of hydrogen-bond donors (Lipinski definition) is 1. The molecule has 0 spiro atoms. The van der Waals surface area contributed by atoms with E-state index in [4.69, 9.17) is 17.3 Å². The van der Waals surface area contributed by atoms with Crippen molar-refractivity contribution in [2.24, 2.45) is 0 Å². The number of rotatable bonds is 4. The van der Waals surface area contributed by atoms with Gasteiger partial charge in [0, 0.05) is 16.8 Å². The van der Waals surface area contributed by atoms with Crippen LogP contribution >= 0.6 is 11.6 Å². The van der Waals surface area contributed by atoms with Gasteiger partial charge < -0.3 is 5.73 Å². The van der Waals surface area contributed by atoms with Crippen LogP contribution in [-0.4, -0.2) is 25.5 Å². The number of anilines is 1. The first kappa shape index (κ1) is 16.9. The predicted octanol–water partition coefficient (Wildman–Crippen LogP) is 3.80. The van der Waals surface area contributed by atoms with Gasteiger partial charge in [-0.3, -0.25) is 4.79 Å². The molecule has 0 aliphatic rings. The molecule has 2 aromatic carbocycles. The summed E-state index contributed by atoms with van der Waals surface area (Å²) in [5.41, 5.74) is 8.57. The highest BCUT2D eigenvalue weighted by Gasteiger charge is 2.17. The third-order valence-corrected chi connectivity index (χ3v) is 4.34. The van der Waals surface area contributed by atoms with E-state index in [9.17, 15) is 4.79 Å². The molecule has 4 aromatic rings.